The molecular weight excluding hydrogens is 461 g/mol. The number of hydrogen-bond donors (Lipinski definition) is 1. The van der Waals surface area contributed by atoms with Crippen LogP contribution in [-0.4, -0.2) is 46.8 Å². The number of hydrogen-bond acceptors (Lipinski definition) is 5. The minimum absolute atomic E-state index is 0.0279. The third-order valence-corrected chi connectivity index (χ3v) is 7.34. The number of aryl methyl sites for hydroxylation is 1. The summed E-state index contributed by atoms with van der Waals surface area (Å²) in [6, 6.07) is 7.66. The maximum Gasteiger partial charge on any atom is 0.418 e. The van der Waals surface area contributed by atoms with Crippen molar-refractivity contribution in [3.8, 4) is 11.6 Å². The molecule has 1 N–H and O–H groups in total. The van der Waals surface area contributed by atoms with E-state index in [1.165, 1.54) is 13.2 Å². The van der Waals surface area contributed by atoms with Crippen LogP contribution in [0.25, 0.3) is 0 Å². The van der Waals surface area contributed by atoms with Crippen LogP contribution in [0.2, 0.25) is 0 Å². The predicted octanol–water partition coefficient (Wildman–Crippen LogP) is 5.29. The number of carbonyl (C=O) groups is 1. The van der Waals surface area contributed by atoms with E-state index in [0.29, 0.717) is 32.4 Å². The summed E-state index contributed by atoms with van der Waals surface area (Å²) in [7, 11) is 1.39. The lowest BCUT2D eigenvalue weighted by atomic mass is 9.82. The molecule has 1 spiro atoms. The van der Waals surface area contributed by atoms with Gasteiger partial charge in [0.1, 0.15) is 11.4 Å². The molecule has 0 bridgehead atoms. The second-order valence-corrected chi connectivity index (χ2v) is 9.67. The summed E-state index contributed by atoms with van der Waals surface area (Å²) in [5.74, 6) is -0.363. The summed E-state index contributed by atoms with van der Waals surface area (Å²) < 4.78 is 52.5. The Morgan fingerprint density at radius 3 is 2.54 bits per heavy atom. The fraction of sp³-hybridized carbons (Fsp3) is 0.538. The lowest BCUT2D eigenvalue weighted by molar-refractivity contribution is -0.141. The Labute approximate surface area is 203 Å². The molecule has 9 heteroatoms. The molecule has 3 heterocycles. The van der Waals surface area contributed by atoms with Crippen molar-refractivity contribution in [2.24, 2.45) is 5.92 Å². The number of halogens is 3. The Morgan fingerprint density at radius 2 is 1.91 bits per heavy atom. The lowest BCUT2D eigenvalue weighted by Gasteiger charge is -2.46. The van der Waals surface area contributed by atoms with E-state index in [0.717, 1.165) is 35.8 Å². The minimum atomic E-state index is -4.49. The Bertz CT molecular complexity index is 1080. The van der Waals surface area contributed by atoms with Crippen molar-refractivity contribution < 1.29 is 32.5 Å². The van der Waals surface area contributed by atoms with E-state index >= 15 is 0 Å². The van der Waals surface area contributed by atoms with E-state index in [-0.39, 0.29) is 17.2 Å². The number of carboxylic acid groups (broad SMARTS) is 1. The quantitative estimate of drug-likeness (QED) is 0.591. The summed E-state index contributed by atoms with van der Waals surface area (Å²) >= 11 is 0. The number of fused-ring (bicyclic) bond motifs is 1. The molecule has 35 heavy (non-hydrogen) atoms. The normalized spacial score (nSPS) is 19.5. The van der Waals surface area contributed by atoms with E-state index in [4.69, 9.17) is 9.47 Å². The summed E-state index contributed by atoms with van der Waals surface area (Å²) in [5.41, 5.74) is 0.894. The Morgan fingerprint density at radius 1 is 1.20 bits per heavy atom. The van der Waals surface area contributed by atoms with Crippen LogP contribution >= 0.6 is 0 Å². The third-order valence-electron chi connectivity index (χ3n) is 7.34. The second kappa shape index (κ2) is 9.68. The second-order valence-electron chi connectivity index (χ2n) is 9.67. The van der Waals surface area contributed by atoms with Gasteiger partial charge in [0.15, 0.2) is 0 Å². The molecule has 2 unspecified atom stereocenters. The smallest absolute Gasteiger partial charge is 0.418 e. The van der Waals surface area contributed by atoms with Crippen LogP contribution < -0.4 is 9.47 Å². The molecule has 2 atom stereocenters. The van der Waals surface area contributed by atoms with E-state index in [2.05, 4.69) is 4.98 Å². The molecule has 190 valence electrons. The topological polar surface area (TPSA) is 71.9 Å². The highest BCUT2D eigenvalue weighted by Gasteiger charge is 2.42. The first kappa shape index (κ1) is 25.3. The number of methoxy groups -OCH3 is 1. The van der Waals surface area contributed by atoms with Crippen molar-refractivity contribution in [2.45, 2.75) is 63.8 Å². The van der Waals surface area contributed by atoms with Crippen molar-refractivity contribution in [1.82, 2.24) is 9.88 Å². The van der Waals surface area contributed by atoms with Gasteiger partial charge in [0.2, 0.25) is 5.88 Å². The van der Waals surface area contributed by atoms with Crippen molar-refractivity contribution in [3.63, 3.8) is 0 Å². The van der Waals surface area contributed by atoms with Crippen molar-refractivity contribution in [1.29, 1.82) is 0 Å². The number of alkyl halides is 3. The minimum Gasteiger partial charge on any atom is -0.487 e. The van der Waals surface area contributed by atoms with Crippen LogP contribution in [0.3, 0.4) is 0 Å². The van der Waals surface area contributed by atoms with Gasteiger partial charge < -0.3 is 14.6 Å². The monoisotopic (exact) mass is 492 g/mol. The van der Waals surface area contributed by atoms with Gasteiger partial charge in [-0.3, -0.25) is 9.69 Å². The molecule has 1 saturated heterocycles. The predicted molar refractivity (Wildman–Crippen MR) is 124 cm³/mol. The summed E-state index contributed by atoms with van der Waals surface area (Å²) in [6.07, 6.45) is -0.978. The van der Waals surface area contributed by atoms with Crippen LogP contribution in [0.1, 0.15) is 61.5 Å². The first-order valence-corrected chi connectivity index (χ1v) is 11.9. The zero-order chi connectivity index (χ0) is 25.4. The van der Waals surface area contributed by atoms with Gasteiger partial charge in [-0.1, -0.05) is 19.1 Å². The molecule has 1 fully saturated rings. The van der Waals surface area contributed by atoms with Crippen LogP contribution in [0.5, 0.6) is 11.6 Å². The fourth-order valence-corrected chi connectivity index (χ4v) is 5.09. The molecule has 2 aromatic rings. The Hall–Kier alpha value is -2.81. The number of aliphatic carboxylic acids is 1. The fourth-order valence-electron chi connectivity index (χ4n) is 5.09. The van der Waals surface area contributed by atoms with Crippen LogP contribution in [0.4, 0.5) is 13.2 Å². The maximum absolute atomic E-state index is 13.6. The number of piperidine rings is 1. The lowest BCUT2D eigenvalue weighted by Crippen LogP contribution is -2.50. The average Bonchev–Trinajstić information content (AvgIpc) is 2.82. The van der Waals surface area contributed by atoms with E-state index in [1.54, 1.807) is 13.8 Å². The number of aromatic nitrogens is 1. The summed E-state index contributed by atoms with van der Waals surface area (Å²) in [5, 5.41) is 9.21. The third kappa shape index (κ3) is 5.39. The maximum atomic E-state index is 13.6. The van der Waals surface area contributed by atoms with Gasteiger partial charge in [-0.05, 0) is 62.3 Å². The Kier molecular flexibility index (Phi) is 6.99. The van der Waals surface area contributed by atoms with Crippen LogP contribution in [0.15, 0.2) is 30.3 Å². The number of pyridine rings is 1. The molecule has 2 aliphatic heterocycles. The number of carboxylic acids is 1. The van der Waals surface area contributed by atoms with Gasteiger partial charge in [-0.15, -0.1) is 0 Å². The van der Waals surface area contributed by atoms with Crippen LogP contribution in [0, 0.1) is 5.92 Å². The number of nitrogens with zero attached hydrogens (tertiary/aromatic N) is 2. The van der Waals surface area contributed by atoms with Gasteiger partial charge in [0, 0.05) is 25.2 Å². The molecular formula is C26H31F3N2O4. The first-order valence-electron chi connectivity index (χ1n) is 11.9. The number of likely N-dealkylation sites (tertiary alicyclic amines) is 1. The number of benzene rings is 1. The van der Waals surface area contributed by atoms with Gasteiger partial charge in [-0.2, -0.15) is 13.2 Å². The van der Waals surface area contributed by atoms with E-state index < -0.39 is 29.7 Å². The highest BCUT2D eigenvalue weighted by atomic mass is 19.4. The van der Waals surface area contributed by atoms with Gasteiger partial charge >= 0.3 is 12.1 Å². The molecule has 1 aromatic carbocycles. The van der Waals surface area contributed by atoms with Gasteiger partial charge in [-0.25, -0.2) is 4.98 Å². The van der Waals surface area contributed by atoms with E-state index in [1.807, 2.05) is 23.1 Å². The number of ether oxygens (including phenoxy) is 2. The summed E-state index contributed by atoms with van der Waals surface area (Å²) in [4.78, 5) is 17.4. The van der Waals surface area contributed by atoms with Crippen molar-refractivity contribution in [3.05, 3.63) is 52.7 Å². The molecule has 2 aliphatic rings. The molecule has 6 nitrogen and oxygen atoms in total. The standard InChI is InChI=1S/C26H31F3N2O4/c1-16(24(32)33)14-18-4-5-19-8-9-25(35-21(19)15-18)10-12-31(13-11-25)17(2)23-20(26(27,28)29)6-7-22(30-23)34-3/h4-7,15-17H,8-14H2,1-3H3,(H,32,33). The van der Waals surface area contributed by atoms with Gasteiger partial charge in [0.25, 0.3) is 0 Å². The zero-order valence-corrected chi connectivity index (χ0v) is 20.2. The first-order chi connectivity index (χ1) is 16.5. The number of rotatable bonds is 6. The molecule has 0 aliphatic carbocycles. The zero-order valence-electron chi connectivity index (χ0n) is 20.2. The highest BCUT2D eigenvalue weighted by Crippen LogP contribution is 2.42. The summed E-state index contributed by atoms with van der Waals surface area (Å²) in [6.45, 7) is 4.61. The molecule has 1 aromatic heterocycles. The average molecular weight is 493 g/mol. The van der Waals surface area contributed by atoms with Crippen LogP contribution in [-0.2, 0) is 23.8 Å². The molecule has 0 amide bonds. The highest BCUT2D eigenvalue weighted by molar-refractivity contribution is 5.70. The Balaban J connectivity index is 1.47. The van der Waals surface area contributed by atoms with E-state index in [9.17, 15) is 23.1 Å². The van der Waals surface area contributed by atoms with Crippen molar-refractivity contribution in [2.75, 3.05) is 20.2 Å². The van der Waals surface area contributed by atoms with Gasteiger partial charge in [0.05, 0.1) is 24.3 Å². The molecule has 4 rings (SSSR count). The van der Waals surface area contributed by atoms with Crippen molar-refractivity contribution >= 4 is 5.97 Å². The largest absolute Gasteiger partial charge is 0.487 e. The SMILES string of the molecule is COc1ccc(C(F)(F)F)c(C(C)N2CCC3(CCc4ccc(CC(C)C(=O)O)cc4O3)CC2)n1. The molecule has 0 radical (unpaired) electrons. The molecule has 0 saturated carbocycles.